The van der Waals surface area contributed by atoms with Crippen molar-refractivity contribution in [2.45, 2.75) is 49.3 Å². The Kier molecular flexibility index (Phi) is 5.22. The summed E-state index contributed by atoms with van der Waals surface area (Å²) >= 11 is 3.32. The number of nitrogens with one attached hydrogen (secondary N) is 2. The zero-order chi connectivity index (χ0) is 16.4. The van der Waals surface area contributed by atoms with Crippen molar-refractivity contribution in [1.29, 1.82) is 0 Å². The lowest BCUT2D eigenvalue weighted by Crippen LogP contribution is -2.47. The van der Waals surface area contributed by atoms with Gasteiger partial charge in [0.05, 0.1) is 29.6 Å². The molecule has 4 rings (SSSR count). The first kappa shape index (κ1) is 16.6. The van der Waals surface area contributed by atoms with Gasteiger partial charge in [0.15, 0.2) is 0 Å². The Hall–Kier alpha value is -0.890. The van der Waals surface area contributed by atoms with Gasteiger partial charge in [-0.3, -0.25) is 15.1 Å². The summed E-state index contributed by atoms with van der Waals surface area (Å²) < 4.78 is 6.38. The first-order chi connectivity index (χ1) is 11.8. The third-order valence-electron chi connectivity index (χ3n) is 5.10. The number of carbonyl (C=O) groups is 1. The number of hydrogen-bond acceptors (Lipinski definition) is 6. The Morgan fingerprint density at radius 1 is 1.46 bits per heavy atom. The SMILES string of the molecule is O=C(NCC1NC2CCCC(O1)C(C1CN=CS1)C2)c1cccs1. The van der Waals surface area contributed by atoms with Crippen molar-refractivity contribution in [2.75, 3.05) is 13.1 Å². The average Bonchev–Trinajstić information content (AvgIpc) is 3.22. The Morgan fingerprint density at radius 2 is 2.42 bits per heavy atom. The molecule has 1 saturated heterocycles. The fourth-order valence-corrected chi connectivity index (χ4v) is 5.57. The molecule has 1 aromatic rings. The van der Waals surface area contributed by atoms with Crippen LogP contribution in [0.5, 0.6) is 0 Å². The molecule has 5 unspecified atom stereocenters. The van der Waals surface area contributed by atoms with E-state index in [1.54, 1.807) is 0 Å². The van der Waals surface area contributed by atoms with E-state index in [1.807, 2.05) is 34.8 Å². The summed E-state index contributed by atoms with van der Waals surface area (Å²) in [7, 11) is 0. The fraction of sp³-hybridized carbons (Fsp3) is 0.647. The fourth-order valence-electron chi connectivity index (χ4n) is 3.94. The Labute approximate surface area is 150 Å². The van der Waals surface area contributed by atoms with E-state index in [4.69, 9.17) is 4.74 Å². The van der Waals surface area contributed by atoms with E-state index in [0.717, 1.165) is 24.3 Å². The molecule has 1 aliphatic carbocycles. The number of thiophene rings is 1. The minimum Gasteiger partial charge on any atom is -0.358 e. The van der Waals surface area contributed by atoms with E-state index in [9.17, 15) is 4.79 Å². The molecule has 2 fully saturated rings. The highest BCUT2D eigenvalue weighted by molar-refractivity contribution is 8.12. The maximum absolute atomic E-state index is 12.2. The number of hydrogen-bond donors (Lipinski definition) is 2. The number of rotatable bonds is 4. The van der Waals surface area contributed by atoms with Crippen molar-refractivity contribution in [3.63, 3.8) is 0 Å². The highest BCUT2D eigenvalue weighted by Gasteiger charge is 2.40. The van der Waals surface area contributed by atoms with Gasteiger partial charge in [-0.1, -0.05) is 6.07 Å². The largest absolute Gasteiger partial charge is 0.358 e. The van der Waals surface area contributed by atoms with Crippen LogP contribution in [0.2, 0.25) is 0 Å². The highest BCUT2D eigenvalue weighted by Crippen LogP contribution is 2.37. The smallest absolute Gasteiger partial charge is 0.261 e. The second-order valence-electron chi connectivity index (χ2n) is 6.69. The van der Waals surface area contributed by atoms with Crippen LogP contribution >= 0.6 is 23.1 Å². The van der Waals surface area contributed by atoms with Crippen molar-refractivity contribution in [1.82, 2.24) is 10.6 Å². The van der Waals surface area contributed by atoms with Crippen LogP contribution in [0.15, 0.2) is 22.5 Å². The van der Waals surface area contributed by atoms with Gasteiger partial charge in [0.2, 0.25) is 0 Å². The van der Waals surface area contributed by atoms with Gasteiger partial charge in [0.25, 0.3) is 5.91 Å². The standard InChI is InChI=1S/C17H23N3O2S2/c21-17(14-5-2-6-23-14)19-9-16-20-11-3-1-4-13(22-16)12(7-11)15-8-18-10-24-15/h2,5-6,10-13,15-16,20H,1,3-4,7-9H2,(H,19,21). The van der Waals surface area contributed by atoms with Gasteiger partial charge in [-0.2, -0.15) is 0 Å². The summed E-state index contributed by atoms with van der Waals surface area (Å²) in [6.45, 7) is 1.44. The zero-order valence-corrected chi connectivity index (χ0v) is 15.2. The topological polar surface area (TPSA) is 62.7 Å². The molecule has 0 spiro atoms. The predicted octanol–water partition coefficient (Wildman–Crippen LogP) is 2.49. The second kappa shape index (κ2) is 7.56. The van der Waals surface area contributed by atoms with Crippen molar-refractivity contribution in [2.24, 2.45) is 10.9 Å². The number of thioether (sulfide) groups is 1. The second-order valence-corrected chi connectivity index (χ2v) is 8.73. The van der Waals surface area contributed by atoms with Crippen LogP contribution in [0.4, 0.5) is 0 Å². The minimum atomic E-state index is -0.0958. The van der Waals surface area contributed by atoms with Crippen molar-refractivity contribution in [3.05, 3.63) is 22.4 Å². The first-order valence-electron chi connectivity index (χ1n) is 8.66. The molecular weight excluding hydrogens is 342 g/mol. The molecule has 130 valence electrons. The summed E-state index contributed by atoms with van der Waals surface area (Å²) in [6.07, 6.45) is 4.86. The summed E-state index contributed by atoms with van der Waals surface area (Å²) in [4.78, 5) is 17.3. The number of amides is 1. The molecule has 0 aromatic carbocycles. The van der Waals surface area contributed by atoms with Gasteiger partial charge in [-0.15, -0.1) is 23.1 Å². The van der Waals surface area contributed by atoms with Crippen LogP contribution in [0.25, 0.3) is 0 Å². The van der Waals surface area contributed by atoms with Crippen molar-refractivity contribution in [3.8, 4) is 0 Å². The summed E-state index contributed by atoms with van der Waals surface area (Å²) in [6, 6.07) is 4.23. The van der Waals surface area contributed by atoms with E-state index in [-0.39, 0.29) is 18.2 Å². The number of nitrogens with zero attached hydrogens (tertiary/aromatic N) is 1. The van der Waals surface area contributed by atoms with E-state index < -0.39 is 0 Å². The molecule has 5 nitrogen and oxygen atoms in total. The van der Waals surface area contributed by atoms with Crippen molar-refractivity contribution < 1.29 is 9.53 Å². The van der Waals surface area contributed by atoms with Crippen LogP contribution < -0.4 is 10.6 Å². The van der Waals surface area contributed by atoms with Crippen LogP contribution in [-0.4, -0.2) is 48.2 Å². The van der Waals surface area contributed by atoms with Gasteiger partial charge in [-0.05, 0) is 37.1 Å². The zero-order valence-electron chi connectivity index (χ0n) is 13.5. The molecular formula is C17H23N3O2S2. The molecule has 1 saturated carbocycles. The Morgan fingerprint density at radius 3 is 3.21 bits per heavy atom. The number of aliphatic imine (C=N–C) groups is 1. The molecule has 1 amide bonds. The van der Waals surface area contributed by atoms with Gasteiger partial charge in [0, 0.05) is 17.2 Å². The number of carbonyl (C=O) groups excluding carboxylic acids is 1. The molecule has 2 bridgehead atoms. The molecule has 0 radical (unpaired) electrons. The highest BCUT2D eigenvalue weighted by atomic mass is 32.2. The molecule has 24 heavy (non-hydrogen) atoms. The van der Waals surface area contributed by atoms with Crippen LogP contribution in [0.1, 0.15) is 35.4 Å². The summed E-state index contributed by atoms with van der Waals surface area (Å²) in [5.41, 5.74) is 1.99. The van der Waals surface area contributed by atoms with Crippen LogP contribution in [-0.2, 0) is 4.74 Å². The minimum absolute atomic E-state index is 0.0129. The van der Waals surface area contributed by atoms with E-state index in [0.29, 0.717) is 23.8 Å². The molecule has 7 heteroatoms. The van der Waals surface area contributed by atoms with Gasteiger partial charge in [-0.25, -0.2) is 0 Å². The maximum atomic E-state index is 12.2. The lowest BCUT2D eigenvalue weighted by molar-refractivity contribution is -0.0498. The van der Waals surface area contributed by atoms with Crippen LogP contribution in [0.3, 0.4) is 0 Å². The average molecular weight is 366 g/mol. The van der Waals surface area contributed by atoms with Gasteiger partial charge < -0.3 is 10.1 Å². The molecule has 1 aromatic heterocycles. The monoisotopic (exact) mass is 365 g/mol. The molecule has 2 aliphatic heterocycles. The third-order valence-corrected chi connectivity index (χ3v) is 7.09. The van der Waals surface area contributed by atoms with Gasteiger partial charge >= 0.3 is 0 Å². The number of ether oxygens (including phenoxy) is 1. The quantitative estimate of drug-likeness (QED) is 0.861. The molecule has 3 heterocycles. The van der Waals surface area contributed by atoms with E-state index >= 15 is 0 Å². The third kappa shape index (κ3) is 3.69. The van der Waals surface area contributed by atoms with Gasteiger partial charge in [0.1, 0.15) is 6.23 Å². The molecule has 3 aliphatic rings. The Balaban J connectivity index is 1.38. The van der Waals surface area contributed by atoms with E-state index in [1.165, 1.54) is 24.2 Å². The lowest BCUT2D eigenvalue weighted by Gasteiger charge is -2.30. The van der Waals surface area contributed by atoms with E-state index in [2.05, 4.69) is 15.6 Å². The van der Waals surface area contributed by atoms with Crippen LogP contribution in [0, 0.1) is 5.92 Å². The molecule has 5 atom stereocenters. The first-order valence-corrected chi connectivity index (χ1v) is 10.5. The number of fused-ring (bicyclic) bond motifs is 3. The maximum Gasteiger partial charge on any atom is 0.261 e. The summed E-state index contributed by atoms with van der Waals surface area (Å²) in [5, 5.41) is 9.10. The normalized spacial score (nSPS) is 35.6. The predicted molar refractivity (Wildman–Crippen MR) is 98.9 cm³/mol. The Bertz CT molecular complexity index is 585. The summed E-state index contributed by atoms with van der Waals surface area (Å²) in [5.74, 6) is 0.539. The molecule has 2 N–H and O–H groups in total. The lowest BCUT2D eigenvalue weighted by atomic mass is 9.92. The van der Waals surface area contributed by atoms with Crippen molar-refractivity contribution >= 4 is 34.6 Å².